The molecule has 0 spiro atoms. The van der Waals surface area contributed by atoms with Gasteiger partial charge < -0.3 is 5.11 Å². The molecule has 0 bridgehead atoms. The second-order valence-electron chi connectivity index (χ2n) is 2.89. The van der Waals surface area contributed by atoms with Crippen LogP contribution in [0.2, 0.25) is 0 Å². The van der Waals surface area contributed by atoms with Crippen molar-refractivity contribution < 1.29 is 9.90 Å². The second kappa shape index (κ2) is 3.41. The molecule has 1 aromatic carbocycles. The molecule has 4 nitrogen and oxygen atoms in total. The van der Waals surface area contributed by atoms with Gasteiger partial charge in [0, 0.05) is 5.56 Å². The van der Waals surface area contributed by atoms with Gasteiger partial charge in [-0.2, -0.15) is 5.11 Å². The van der Waals surface area contributed by atoms with E-state index in [0.29, 0.717) is 5.56 Å². The standard InChI is InChI=1S/C10H8N2O2/c13-8-6-11-12-9(8)10(14)7-4-2-1-3-5-7/h1-5,14H,6H2. The maximum atomic E-state index is 11.2. The van der Waals surface area contributed by atoms with Crippen molar-refractivity contribution in [3.8, 4) is 0 Å². The maximum absolute atomic E-state index is 11.2. The Balaban J connectivity index is 2.45. The van der Waals surface area contributed by atoms with Crippen LogP contribution >= 0.6 is 0 Å². The van der Waals surface area contributed by atoms with Gasteiger partial charge >= 0.3 is 0 Å². The fourth-order valence-electron chi connectivity index (χ4n) is 1.21. The third-order valence-electron chi connectivity index (χ3n) is 1.92. The SMILES string of the molecule is O=C1CN=NC1=C(O)c1ccccc1. The summed E-state index contributed by atoms with van der Waals surface area (Å²) >= 11 is 0. The molecule has 0 saturated heterocycles. The van der Waals surface area contributed by atoms with Crippen molar-refractivity contribution in [2.24, 2.45) is 10.2 Å². The average molecular weight is 188 g/mol. The molecule has 0 fully saturated rings. The minimum Gasteiger partial charge on any atom is -0.505 e. The zero-order valence-electron chi connectivity index (χ0n) is 7.34. The molecule has 1 heterocycles. The van der Waals surface area contributed by atoms with Crippen molar-refractivity contribution in [3.05, 3.63) is 41.6 Å². The Labute approximate surface area is 80.6 Å². The number of Topliss-reactive ketones (excluding diaryl/α,β-unsaturated/α-hetero) is 1. The van der Waals surface area contributed by atoms with Gasteiger partial charge in [-0.3, -0.25) is 4.79 Å². The Kier molecular flexibility index (Phi) is 2.10. The summed E-state index contributed by atoms with van der Waals surface area (Å²) in [5.41, 5.74) is 0.632. The maximum Gasteiger partial charge on any atom is 0.210 e. The molecule has 1 aliphatic rings. The lowest BCUT2D eigenvalue weighted by Crippen LogP contribution is -2.01. The van der Waals surface area contributed by atoms with Gasteiger partial charge in [-0.15, -0.1) is 5.11 Å². The van der Waals surface area contributed by atoms with Crippen molar-refractivity contribution in [3.63, 3.8) is 0 Å². The Morgan fingerprint density at radius 1 is 1.29 bits per heavy atom. The highest BCUT2D eigenvalue weighted by Crippen LogP contribution is 2.20. The number of carbonyl (C=O) groups excluding carboxylic acids is 1. The fraction of sp³-hybridized carbons (Fsp3) is 0.100. The third-order valence-corrected chi connectivity index (χ3v) is 1.92. The molecule has 4 heteroatoms. The van der Waals surface area contributed by atoms with Crippen LogP contribution in [0.4, 0.5) is 0 Å². The summed E-state index contributed by atoms with van der Waals surface area (Å²) in [6, 6.07) is 8.82. The molecule has 1 aliphatic heterocycles. The van der Waals surface area contributed by atoms with Crippen molar-refractivity contribution in [2.75, 3.05) is 6.54 Å². The summed E-state index contributed by atoms with van der Waals surface area (Å²) in [5.74, 6) is -0.344. The lowest BCUT2D eigenvalue weighted by Gasteiger charge is -1.99. The molecule has 70 valence electrons. The van der Waals surface area contributed by atoms with E-state index >= 15 is 0 Å². The number of benzene rings is 1. The molecule has 0 unspecified atom stereocenters. The molecule has 1 aromatic rings. The number of azo groups is 1. The highest BCUT2D eigenvalue weighted by atomic mass is 16.3. The van der Waals surface area contributed by atoms with E-state index in [-0.39, 0.29) is 23.8 Å². The first-order valence-electron chi connectivity index (χ1n) is 4.18. The number of ketones is 1. The van der Waals surface area contributed by atoms with Crippen molar-refractivity contribution in [1.82, 2.24) is 0 Å². The van der Waals surface area contributed by atoms with Gasteiger partial charge in [0.15, 0.2) is 11.5 Å². The van der Waals surface area contributed by atoms with Gasteiger partial charge in [-0.05, 0) is 0 Å². The Morgan fingerprint density at radius 2 is 2.00 bits per heavy atom. The topological polar surface area (TPSA) is 62.0 Å². The van der Waals surface area contributed by atoms with E-state index in [0.717, 1.165) is 0 Å². The predicted molar refractivity (Wildman–Crippen MR) is 50.7 cm³/mol. The monoisotopic (exact) mass is 188 g/mol. The van der Waals surface area contributed by atoms with Gasteiger partial charge in [0.05, 0.1) is 0 Å². The van der Waals surface area contributed by atoms with Crippen molar-refractivity contribution in [2.45, 2.75) is 0 Å². The van der Waals surface area contributed by atoms with E-state index in [1.807, 2.05) is 6.07 Å². The second-order valence-corrected chi connectivity index (χ2v) is 2.89. The number of carbonyl (C=O) groups is 1. The third kappa shape index (κ3) is 1.42. The van der Waals surface area contributed by atoms with E-state index in [2.05, 4.69) is 10.2 Å². The number of hydrogen-bond acceptors (Lipinski definition) is 4. The van der Waals surface area contributed by atoms with Gasteiger partial charge in [-0.25, -0.2) is 0 Å². The van der Waals surface area contributed by atoms with Crippen LogP contribution in [0.15, 0.2) is 46.3 Å². The Bertz CT molecular complexity index is 421. The quantitative estimate of drug-likeness (QED) is 0.540. The first kappa shape index (κ1) is 8.62. The lowest BCUT2D eigenvalue weighted by molar-refractivity contribution is -0.113. The van der Waals surface area contributed by atoms with Crippen LogP contribution in [0.3, 0.4) is 0 Å². The fourth-order valence-corrected chi connectivity index (χ4v) is 1.21. The highest BCUT2D eigenvalue weighted by Gasteiger charge is 2.20. The minimum atomic E-state index is -0.244. The smallest absolute Gasteiger partial charge is 0.210 e. The van der Waals surface area contributed by atoms with Crippen LogP contribution in [0, 0.1) is 0 Å². The minimum absolute atomic E-state index is 0.0340. The average Bonchev–Trinajstić information content (AvgIpc) is 2.65. The summed E-state index contributed by atoms with van der Waals surface area (Å²) in [6.07, 6.45) is 0. The van der Waals surface area contributed by atoms with Gasteiger partial charge in [0.25, 0.3) is 0 Å². The largest absolute Gasteiger partial charge is 0.505 e. The van der Waals surface area contributed by atoms with Crippen LogP contribution in [0.1, 0.15) is 5.56 Å². The summed E-state index contributed by atoms with van der Waals surface area (Å²) in [5, 5.41) is 16.8. The molecule has 0 aromatic heterocycles. The van der Waals surface area contributed by atoms with E-state index in [1.54, 1.807) is 24.3 Å². The number of aliphatic hydroxyl groups excluding tert-OH is 1. The molecule has 0 radical (unpaired) electrons. The van der Waals surface area contributed by atoms with Gasteiger partial charge in [0.2, 0.25) is 5.78 Å². The number of hydrogen-bond donors (Lipinski definition) is 1. The zero-order valence-corrected chi connectivity index (χ0v) is 7.34. The van der Waals surface area contributed by atoms with E-state index in [4.69, 9.17) is 0 Å². The Hall–Kier alpha value is -1.97. The molecule has 0 atom stereocenters. The first-order chi connectivity index (χ1) is 6.79. The number of nitrogens with zero attached hydrogens (tertiary/aromatic N) is 2. The van der Waals surface area contributed by atoms with E-state index in [9.17, 15) is 9.90 Å². The highest BCUT2D eigenvalue weighted by molar-refractivity contribution is 6.03. The number of aliphatic hydroxyl groups is 1. The van der Waals surface area contributed by atoms with Gasteiger partial charge in [0.1, 0.15) is 6.54 Å². The van der Waals surface area contributed by atoms with Crippen LogP contribution in [-0.4, -0.2) is 17.4 Å². The predicted octanol–water partition coefficient (Wildman–Crippen LogP) is 1.95. The molecule has 0 saturated carbocycles. The molecule has 0 aliphatic carbocycles. The molecule has 1 N–H and O–H groups in total. The molecular formula is C10H8N2O2. The van der Waals surface area contributed by atoms with Crippen LogP contribution in [0.25, 0.3) is 5.76 Å². The first-order valence-corrected chi connectivity index (χ1v) is 4.18. The normalized spacial score (nSPS) is 18.7. The summed E-state index contributed by atoms with van der Waals surface area (Å²) in [7, 11) is 0. The van der Waals surface area contributed by atoms with Crippen molar-refractivity contribution >= 4 is 11.5 Å². The molecule has 14 heavy (non-hydrogen) atoms. The summed E-state index contributed by atoms with van der Waals surface area (Å²) in [4.78, 5) is 11.2. The lowest BCUT2D eigenvalue weighted by atomic mass is 10.1. The molecular weight excluding hydrogens is 180 g/mol. The summed E-state index contributed by atoms with van der Waals surface area (Å²) in [6.45, 7) is 0.0340. The molecule has 2 rings (SSSR count). The van der Waals surface area contributed by atoms with E-state index in [1.165, 1.54) is 0 Å². The van der Waals surface area contributed by atoms with Gasteiger partial charge in [-0.1, -0.05) is 30.3 Å². The van der Waals surface area contributed by atoms with Crippen LogP contribution in [-0.2, 0) is 4.79 Å². The Morgan fingerprint density at radius 3 is 2.57 bits per heavy atom. The van der Waals surface area contributed by atoms with Crippen LogP contribution < -0.4 is 0 Å². The van der Waals surface area contributed by atoms with Crippen LogP contribution in [0.5, 0.6) is 0 Å². The summed E-state index contributed by atoms with van der Waals surface area (Å²) < 4.78 is 0. The van der Waals surface area contributed by atoms with E-state index < -0.39 is 0 Å². The zero-order chi connectivity index (χ0) is 9.97. The molecule has 0 amide bonds. The number of rotatable bonds is 1. The van der Waals surface area contributed by atoms with Crippen molar-refractivity contribution in [1.29, 1.82) is 0 Å².